The standard InChI is InChI=1S/C14H8Br2OS3/c15-9-2-11(18-6-9)1-8-5-20-13(14(8)17)4-12-3-10(16)7-19-12/h1-4,6-7H,5H2. The predicted molar refractivity (Wildman–Crippen MR) is 97.5 cm³/mol. The van der Waals surface area contributed by atoms with Crippen LogP contribution in [0.3, 0.4) is 0 Å². The van der Waals surface area contributed by atoms with Crippen LogP contribution in [0.4, 0.5) is 0 Å². The zero-order chi connectivity index (χ0) is 14.1. The second-order valence-electron chi connectivity index (χ2n) is 4.13. The molecule has 6 heteroatoms. The number of Topliss-reactive ketones (excluding diaryl/α,β-unsaturated/α-hetero) is 1. The molecular weight excluding hydrogens is 440 g/mol. The molecule has 3 heterocycles. The summed E-state index contributed by atoms with van der Waals surface area (Å²) in [6, 6.07) is 4.07. The van der Waals surface area contributed by atoms with Crippen LogP contribution in [-0.2, 0) is 4.79 Å². The average molecular weight is 448 g/mol. The largest absolute Gasteiger partial charge is 0.288 e. The smallest absolute Gasteiger partial charge is 0.196 e. The van der Waals surface area contributed by atoms with Crippen LogP contribution >= 0.6 is 66.3 Å². The Morgan fingerprint density at radius 1 is 1.00 bits per heavy atom. The summed E-state index contributed by atoms with van der Waals surface area (Å²) in [4.78, 5) is 15.4. The Hall–Kier alpha value is -0.140. The lowest BCUT2D eigenvalue weighted by molar-refractivity contribution is -0.111. The minimum absolute atomic E-state index is 0.157. The van der Waals surface area contributed by atoms with E-state index in [-0.39, 0.29) is 5.78 Å². The number of halogens is 2. The molecule has 0 saturated carbocycles. The lowest BCUT2D eigenvalue weighted by atomic mass is 10.1. The molecule has 0 N–H and O–H groups in total. The van der Waals surface area contributed by atoms with Gasteiger partial charge in [-0.1, -0.05) is 0 Å². The number of thiophene rings is 2. The summed E-state index contributed by atoms with van der Waals surface area (Å²) in [6.07, 6.45) is 3.98. The van der Waals surface area contributed by atoms with E-state index in [1.165, 1.54) is 0 Å². The first-order valence-corrected chi connectivity index (χ1v) is 10.0. The lowest BCUT2D eigenvalue weighted by Crippen LogP contribution is -1.95. The second kappa shape index (κ2) is 6.32. The van der Waals surface area contributed by atoms with Crippen LogP contribution in [0.1, 0.15) is 9.75 Å². The zero-order valence-electron chi connectivity index (χ0n) is 10.1. The van der Waals surface area contributed by atoms with Crippen molar-refractivity contribution in [2.24, 2.45) is 0 Å². The van der Waals surface area contributed by atoms with E-state index in [9.17, 15) is 4.79 Å². The molecule has 1 aliphatic rings. The summed E-state index contributed by atoms with van der Waals surface area (Å²) in [6.45, 7) is 0. The van der Waals surface area contributed by atoms with Gasteiger partial charge in [0.25, 0.3) is 0 Å². The van der Waals surface area contributed by atoms with Gasteiger partial charge < -0.3 is 0 Å². The average Bonchev–Trinajstić information content (AvgIpc) is 3.08. The Labute approximate surface area is 146 Å². The Morgan fingerprint density at radius 3 is 2.15 bits per heavy atom. The number of carbonyl (C=O) groups excluding carboxylic acids is 1. The molecule has 1 saturated heterocycles. The van der Waals surface area contributed by atoms with Crippen molar-refractivity contribution >= 4 is 84.2 Å². The molecule has 20 heavy (non-hydrogen) atoms. The van der Waals surface area contributed by atoms with Crippen molar-refractivity contribution in [3.63, 3.8) is 0 Å². The molecule has 0 spiro atoms. The third-order valence-electron chi connectivity index (χ3n) is 2.66. The number of ketones is 1. The van der Waals surface area contributed by atoms with Crippen molar-refractivity contribution in [1.82, 2.24) is 0 Å². The minimum Gasteiger partial charge on any atom is -0.288 e. The minimum atomic E-state index is 0.157. The first-order valence-electron chi connectivity index (χ1n) is 5.69. The summed E-state index contributed by atoms with van der Waals surface area (Å²) >= 11 is 11.8. The van der Waals surface area contributed by atoms with Crippen LogP contribution in [0.2, 0.25) is 0 Å². The van der Waals surface area contributed by atoms with Gasteiger partial charge in [0, 0.05) is 40.8 Å². The van der Waals surface area contributed by atoms with Crippen molar-refractivity contribution in [3.8, 4) is 0 Å². The Kier molecular flexibility index (Phi) is 4.67. The molecule has 1 nitrogen and oxygen atoms in total. The topological polar surface area (TPSA) is 17.1 Å². The Balaban J connectivity index is 1.84. The van der Waals surface area contributed by atoms with E-state index in [1.807, 2.05) is 35.0 Å². The maximum Gasteiger partial charge on any atom is 0.196 e. The van der Waals surface area contributed by atoms with E-state index in [4.69, 9.17) is 0 Å². The molecule has 0 aromatic carbocycles. The summed E-state index contributed by atoms with van der Waals surface area (Å²) in [5.41, 5.74) is 0.881. The molecular formula is C14H8Br2OS3. The van der Waals surface area contributed by atoms with Crippen molar-refractivity contribution in [2.75, 3.05) is 5.75 Å². The molecule has 0 unspecified atom stereocenters. The quantitative estimate of drug-likeness (QED) is 0.519. The van der Waals surface area contributed by atoms with Crippen molar-refractivity contribution < 1.29 is 4.79 Å². The molecule has 3 rings (SSSR count). The molecule has 1 aliphatic heterocycles. The molecule has 0 radical (unpaired) electrons. The van der Waals surface area contributed by atoms with Crippen molar-refractivity contribution in [2.45, 2.75) is 0 Å². The molecule has 0 bridgehead atoms. The Morgan fingerprint density at radius 2 is 1.60 bits per heavy atom. The maximum atomic E-state index is 12.4. The third kappa shape index (κ3) is 3.36. The van der Waals surface area contributed by atoms with E-state index in [1.54, 1.807) is 34.4 Å². The highest BCUT2D eigenvalue weighted by atomic mass is 79.9. The number of carbonyl (C=O) groups is 1. The highest BCUT2D eigenvalue weighted by Gasteiger charge is 2.24. The van der Waals surface area contributed by atoms with E-state index < -0.39 is 0 Å². The van der Waals surface area contributed by atoms with Crippen LogP contribution in [0.25, 0.3) is 12.2 Å². The molecule has 2 aromatic rings. The molecule has 0 amide bonds. The molecule has 0 atom stereocenters. The normalized spacial score (nSPS) is 19.4. The predicted octanol–water partition coefficient (Wildman–Crippen LogP) is 6.08. The molecule has 2 aromatic heterocycles. The number of rotatable bonds is 2. The van der Waals surface area contributed by atoms with Gasteiger partial charge in [0.15, 0.2) is 5.78 Å². The Bertz CT molecular complexity index is 664. The number of thioether (sulfide) groups is 1. The zero-order valence-corrected chi connectivity index (χ0v) is 15.7. The van der Waals surface area contributed by atoms with Gasteiger partial charge in [0.1, 0.15) is 0 Å². The van der Waals surface area contributed by atoms with Crippen LogP contribution in [0.15, 0.2) is 42.3 Å². The van der Waals surface area contributed by atoms with Crippen LogP contribution in [0, 0.1) is 0 Å². The molecule has 0 aliphatic carbocycles. The summed E-state index contributed by atoms with van der Waals surface area (Å²) in [5.74, 6) is 0.913. The van der Waals surface area contributed by atoms with Crippen LogP contribution in [-0.4, -0.2) is 11.5 Å². The van der Waals surface area contributed by atoms with Gasteiger partial charge >= 0.3 is 0 Å². The SMILES string of the molecule is O=C1C(=Cc2cc(Br)cs2)CSC1=Cc1cc(Br)cs1. The monoisotopic (exact) mass is 446 g/mol. The van der Waals surface area contributed by atoms with E-state index >= 15 is 0 Å². The molecule has 1 fully saturated rings. The van der Waals surface area contributed by atoms with Gasteiger partial charge in [-0.15, -0.1) is 34.4 Å². The number of hydrogen-bond donors (Lipinski definition) is 0. The van der Waals surface area contributed by atoms with Crippen LogP contribution in [0.5, 0.6) is 0 Å². The van der Waals surface area contributed by atoms with Gasteiger partial charge in [-0.3, -0.25) is 4.79 Å². The highest BCUT2D eigenvalue weighted by Crippen LogP contribution is 2.36. The van der Waals surface area contributed by atoms with E-state index in [0.717, 1.165) is 34.9 Å². The lowest BCUT2D eigenvalue weighted by Gasteiger charge is -1.92. The summed E-state index contributed by atoms with van der Waals surface area (Å²) in [7, 11) is 0. The summed E-state index contributed by atoms with van der Waals surface area (Å²) in [5, 5.41) is 4.05. The van der Waals surface area contributed by atoms with Crippen molar-refractivity contribution in [3.05, 3.63) is 52.1 Å². The fourth-order valence-electron chi connectivity index (χ4n) is 1.77. The highest BCUT2D eigenvalue weighted by molar-refractivity contribution is 9.10. The van der Waals surface area contributed by atoms with Gasteiger partial charge in [0.2, 0.25) is 0 Å². The fourth-order valence-corrected chi connectivity index (χ4v) is 5.62. The van der Waals surface area contributed by atoms with Crippen molar-refractivity contribution in [1.29, 1.82) is 0 Å². The van der Waals surface area contributed by atoms with E-state index in [0.29, 0.717) is 0 Å². The van der Waals surface area contributed by atoms with Gasteiger partial charge in [-0.2, -0.15) is 0 Å². The third-order valence-corrected chi connectivity index (χ3v) is 7.01. The van der Waals surface area contributed by atoms with Gasteiger partial charge in [-0.05, 0) is 56.1 Å². The fraction of sp³-hybridized carbons (Fsp3) is 0.0714. The number of allylic oxidation sites excluding steroid dienone is 1. The molecule has 102 valence electrons. The van der Waals surface area contributed by atoms with Gasteiger partial charge in [-0.25, -0.2) is 0 Å². The summed E-state index contributed by atoms with van der Waals surface area (Å²) < 4.78 is 2.12. The first-order chi connectivity index (χ1) is 9.61. The maximum absolute atomic E-state index is 12.4. The second-order valence-corrected chi connectivity index (χ2v) is 8.86. The number of hydrogen-bond acceptors (Lipinski definition) is 4. The first kappa shape index (κ1) is 14.8. The van der Waals surface area contributed by atoms with E-state index in [2.05, 4.69) is 31.9 Å². The van der Waals surface area contributed by atoms with Crippen LogP contribution < -0.4 is 0 Å². The van der Waals surface area contributed by atoms with Gasteiger partial charge in [0.05, 0.1) is 4.91 Å².